The van der Waals surface area contributed by atoms with Crippen LogP contribution in [0, 0.1) is 0 Å². The summed E-state index contributed by atoms with van der Waals surface area (Å²) in [6, 6.07) is 0. The first-order valence-electron chi connectivity index (χ1n) is 36.6. The molecule has 0 aliphatic rings. The van der Waals surface area contributed by atoms with Crippen LogP contribution >= 0.6 is 0 Å². The van der Waals surface area contributed by atoms with Gasteiger partial charge in [0.25, 0.3) is 0 Å². The number of carbonyl (C=O) groups is 3. The number of esters is 2. The molecule has 0 heterocycles. The minimum atomic E-state index is -1.63. The van der Waals surface area contributed by atoms with Gasteiger partial charge in [0.05, 0.1) is 40.3 Å². The third-order valence-corrected chi connectivity index (χ3v) is 15.3. The Morgan fingerprint density at radius 2 is 0.593 bits per heavy atom. The Bertz CT molecular complexity index is 2060. The summed E-state index contributed by atoms with van der Waals surface area (Å²) in [7, 11) is 5.92. The number of likely N-dealkylation sites (N-methyl/N-ethyl adjacent to an activating group) is 1. The van der Waals surface area contributed by atoms with Crippen molar-refractivity contribution in [2.45, 2.75) is 296 Å². The van der Waals surface area contributed by atoms with Gasteiger partial charge in [0.15, 0.2) is 12.4 Å². The summed E-state index contributed by atoms with van der Waals surface area (Å²) in [5.41, 5.74) is 0. The number of carboxylic acids is 1. The Morgan fingerprint density at radius 3 is 0.879 bits per heavy atom. The van der Waals surface area contributed by atoms with Gasteiger partial charge in [-0.25, -0.2) is 0 Å². The highest BCUT2D eigenvalue weighted by Gasteiger charge is 2.22. The number of carboxylic acid groups (broad SMARTS) is 1. The minimum Gasteiger partial charge on any atom is -0.545 e. The fourth-order valence-corrected chi connectivity index (χ4v) is 9.76. The predicted molar refractivity (Wildman–Crippen MR) is 389 cm³/mol. The zero-order chi connectivity index (χ0) is 66.1. The van der Waals surface area contributed by atoms with E-state index in [2.05, 4.69) is 172 Å². The molecule has 0 aliphatic heterocycles. The molecule has 0 aromatic carbocycles. The number of allylic oxidation sites excluding steroid dienone is 26. The second-order valence-electron chi connectivity index (χ2n) is 25.1. The van der Waals surface area contributed by atoms with Gasteiger partial charge in [0.1, 0.15) is 13.2 Å². The molecule has 0 saturated heterocycles. The summed E-state index contributed by atoms with van der Waals surface area (Å²) >= 11 is 0. The largest absolute Gasteiger partial charge is 0.545 e. The van der Waals surface area contributed by atoms with Crippen molar-refractivity contribution >= 4 is 17.9 Å². The summed E-state index contributed by atoms with van der Waals surface area (Å²) in [5, 5.41) is 11.8. The average molecular weight is 1260 g/mol. The van der Waals surface area contributed by atoms with E-state index in [1.165, 1.54) is 116 Å². The van der Waals surface area contributed by atoms with E-state index in [9.17, 15) is 19.5 Å². The first kappa shape index (κ1) is 85.9. The van der Waals surface area contributed by atoms with Crippen molar-refractivity contribution in [1.82, 2.24) is 0 Å². The summed E-state index contributed by atoms with van der Waals surface area (Å²) < 4.78 is 22.8. The normalized spacial score (nSPS) is 13.6. The lowest BCUT2D eigenvalue weighted by Gasteiger charge is -2.26. The number of rotatable bonds is 66. The molecule has 9 nitrogen and oxygen atoms in total. The van der Waals surface area contributed by atoms with Crippen LogP contribution in [-0.2, 0) is 33.3 Å². The van der Waals surface area contributed by atoms with E-state index in [1.807, 2.05) is 21.1 Å². The van der Waals surface area contributed by atoms with Crippen LogP contribution in [0.5, 0.6) is 0 Å². The Morgan fingerprint density at radius 1 is 0.330 bits per heavy atom. The van der Waals surface area contributed by atoms with Crippen molar-refractivity contribution in [3.05, 3.63) is 158 Å². The molecule has 2 unspecified atom stereocenters. The molecule has 0 saturated carbocycles. The van der Waals surface area contributed by atoms with Crippen LogP contribution in [0.25, 0.3) is 0 Å². The quantitative estimate of drug-likeness (QED) is 0.0195. The first-order chi connectivity index (χ1) is 44.6. The third-order valence-electron chi connectivity index (χ3n) is 15.3. The molecule has 91 heavy (non-hydrogen) atoms. The van der Waals surface area contributed by atoms with Crippen molar-refractivity contribution < 1.29 is 42.9 Å². The van der Waals surface area contributed by atoms with Crippen LogP contribution in [0.1, 0.15) is 284 Å². The summed E-state index contributed by atoms with van der Waals surface area (Å²) in [5.74, 6) is -2.29. The number of hydrogen-bond donors (Lipinski definition) is 0. The molecular weight excluding hydrogens is 1130 g/mol. The van der Waals surface area contributed by atoms with Crippen LogP contribution in [0.2, 0.25) is 0 Å². The van der Waals surface area contributed by atoms with Crippen LogP contribution in [0.15, 0.2) is 158 Å². The Labute approximate surface area is 559 Å². The molecule has 0 N–H and O–H groups in total. The third kappa shape index (κ3) is 72.2. The van der Waals surface area contributed by atoms with Crippen LogP contribution in [0.4, 0.5) is 0 Å². The van der Waals surface area contributed by atoms with E-state index >= 15 is 0 Å². The molecule has 0 amide bonds. The predicted octanol–water partition coefficient (Wildman–Crippen LogP) is 21.9. The lowest BCUT2D eigenvalue weighted by Crippen LogP contribution is -2.44. The smallest absolute Gasteiger partial charge is 0.306 e. The maximum Gasteiger partial charge on any atom is 0.306 e. The number of unbranched alkanes of at least 4 members (excludes halogenated alkanes) is 25. The van der Waals surface area contributed by atoms with Gasteiger partial charge in [-0.2, -0.15) is 0 Å². The Kier molecular flexibility index (Phi) is 66.8. The summed E-state index contributed by atoms with van der Waals surface area (Å²) in [6.45, 7) is 4.52. The molecule has 0 spiro atoms. The van der Waals surface area contributed by atoms with Gasteiger partial charge < -0.3 is 33.3 Å². The van der Waals surface area contributed by atoms with Gasteiger partial charge in [0.2, 0.25) is 0 Å². The van der Waals surface area contributed by atoms with Gasteiger partial charge in [-0.05, 0) is 122 Å². The molecule has 0 aromatic heterocycles. The number of nitrogens with zero attached hydrogens (tertiary/aromatic N) is 1. The highest BCUT2D eigenvalue weighted by Crippen LogP contribution is 2.17. The van der Waals surface area contributed by atoms with Gasteiger partial charge in [-0.1, -0.05) is 307 Å². The molecule has 0 rings (SSSR count). The van der Waals surface area contributed by atoms with Crippen molar-refractivity contribution in [3.8, 4) is 0 Å². The molecule has 0 aromatic rings. The molecule has 2 atom stereocenters. The zero-order valence-corrected chi connectivity index (χ0v) is 58.9. The lowest BCUT2D eigenvalue weighted by molar-refractivity contribution is -0.870. The number of hydrogen-bond acceptors (Lipinski definition) is 8. The van der Waals surface area contributed by atoms with E-state index in [0.717, 1.165) is 135 Å². The summed E-state index contributed by atoms with van der Waals surface area (Å²) in [4.78, 5) is 37.5. The molecule has 0 bridgehead atoms. The van der Waals surface area contributed by atoms with Crippen molar-refractivity contribution in [3.63, 3.8) is 0 Å². The van der Waals surface area contributed by atoms with E-state index < -0.39 is 24.3 Å². The van der Waals surface area contributed by atoms with E-state index in [4.69, 9.17) is 18.9 Å². The number of carbonyl (C=O) groups excluding carboxylic acids is 3. The first-order valence-corrected chi connectivity index (χ1v) is 36.6. The van der Waals surface area contributed by atoms with Crippen molar-refractivity contribution in [1.29, 1.82) is 0 Å². The zero-order valence-electron chi connectivity index (χ0n) is 58.9. The topological polar surface area (TPSA) is 111 Å². The van der Waals surface area contributed by atoms with E-state index in [1.54, 1.807) is 0 Å². The van der Waals surface area contributed by atoms with E-state index in [-0.39, 0.29) is 38.6 Å². The summed E-state index contributed by atoms with van der Waals surface area (Å²) in [6.07, 6.45) is 102. The molecule has 0 fully saturated rings. The lowest BCUT2D eigenvalue weighted by atomic mass is 10.0. The standard InChI is InChI=1S/C82H135NO8/c1-6-8-10-12-14-16-18-20-22-24-26-28-30-32-33-34-35-36-37-38-39-40-41-42-43-44-45-46-47-49-51-53-55-57-59-61-63-65-67-69-71-73-80(85)91-78(77-90-82(81(86)87)88-75-74-83(3,4)5)76-89-79(84)72-70-68-66-64-62-60-58-56-54-52-50-48-31-29-27-25-23-21-19-17-15-13-11-9-7-2/h8-11,14-17,20-23,26-29,32-33,35-36,38-39,41-42,48,50,78,82H,6-7,12-13,18-19,24-25,30-31,34,37,40,43-47,49,51-77H2,1-5H3/b10-8-,11-9-,16-14-,17-15-,22-20-,23-21-,28-26-,29-27-,33-32-,36-35-,39-38-,42-41-,50-48-. The molecule has 516 valence electrons. The second-order valence-corrected chi connectivity index (χ2v) is 25.1. The van der Waals surface area contributed by atoms with Gasteiger partial charge in [-0.15, -0.1) is 0 Å². The molecule has 0 aliphatic carbocycles. The fourth-order valence-electron chi connectivity index (χ4n) is 9.76. The van der Waals surface area contributed by atoms with Crippen LogP contribution in [0.3, 0.4) is 0 Å². The van der Waals surface area contributed by atoms with Crippen LogP contribution < -0.4 is 5.11 Å². The monoisotopic (exact) mass is 1260 g/mol. The maximum atomic E-state index is 13.0. The van der Waals surface area contributed by atoms with Gasteiger partial charge in [0, 0.05) is 12.8 Å². The SMILES string of the molecule is CC/C=C\C/C=C\C/C=C\C/C=C\C/C=C\C/C=C\C/C=C\C/C=C\CCCCCCCCCCCCCCCCCCC(=O)OC(COC(=O)CCCCCCCCCCC/C=C\C/C=C\C/C=C\C/C=C\C/C=C\CC)COC(OCC[N+](C)(C)C)C(=O)[O-]. The van der Waals surface area contributed by atoms with Crippen molar-refractivity contribution in [2.24, 2.45) is 0 Å². The van der Waals surface area contributed by atoms with Crippen LogP contribution in [-0.4, -0.2) is 82.3 Å². The maximum absolute atomic E-state index is 13.0. The highest BCUT2D eigenvalue weighted by molar-refractivity contribution is 5.70. The molecule has 9 heteroatoms. The average Bonchev–Trinajstić information content (AvgIpc) is 3.53. The van der Waals surface area contributed by atoms with E-state index in [0.29, 0.717) is 17.4 Å². The molecule has 0 radical (unpaired) electrons. The second kappa shape index (κ2) is 70.8. The minimum absolute atomic E-state index is 0.141. The molecular formula is C82H135NO8. The highest BCUT2D eigenvalue weighted by atomic mass is 16.7. The number of quaternary nitrogens is 1. The van der Waals surface area contributed by atoms with Gasteiger partial charge in [-0.3, -0.25) is 9.59 Å². The Hall–Kier alpha value is -5.09. The van der Waals surface area contributed by atoms with Gasteiger partial charge >= 0.3 is 11.9 Å². The number of aliphatic carboxylic acids is 1. The fraction of sp³-hybridized carbons (Fsp3) is 0.646. The Balaban J connectivity index is 4.09. The van der Waals surface area contributed by atoms with Crippen molar-refractivity contribution in [2.75, 3.05) is 47.5 Å². The number of ether oxygens (including phenoxy) is 4.